The summed E-state index contributed by atoms with van der Waals surface area (Å²) in [6.07, 6.45) is 5.08. The summed E-state index contributed by atoms with van der Waals surface area (Å²) >= 11 is 13.0. The number of hydrogen-bond donors (Lipinski definition) is 2. The smallest absolute Gasteiger partial charge is 0.163 e. The number of carbonyl (C=O) groups is 1. The number of nitrogens with zero attached hydrogens (tertiary/aromatic N) is 5. The summed E-state index contributed by atoms with van der Waals surface area (Å²) in [5.74, 6) is -0.689. The largest absolute Gasteiger partial charge is 0.373 e. The number of halogens is 3. The highest BCUT2D eigenvalue weighted by atomic mass is 35.5. The maximum atomic E-state index is 13.8. The van der Waals surface area contributed by atoms with Gasteiger partial charge in [0, 0.05) is 17.3 Å². The lowest BCUT2D eigenvalue weighted by Crippen LogP contribution is -2.13. The molecule has 1 aliphatic carbocycles. The van der Waals surface area contributed by atoms with E-state index < -0.39 is 11.8 Å². The van der Waals surface area contributed by atoms with E-state index >= 15 is 0 Å². The van der Waals surface area contributed by atoms with Crippen molar-refractivity contribution < 1.29 is 10.6 Å². The monoisotopic (exact) mass is 586 g/mol. The average Bonchev–Trinajstić information content (AvgIpc) is 3.69. The molecule has 1 aliphatic rings. The van der Waals surface area contributed by atoms with Crippen LogP contribution in [-0.4, -0.2) is 25.8 Å². The second-order valence-electron chi connectivity index (χ2n) is 9.68. The van der Waals surface area contributed by atoms with Gasteiger partial charge in [-0.2, -0.15) is 5.26 Å². The molecule has 1 unspecified atom stereocenters. The maximum Gasteiger partial charge on any atom is 0.163 e. The van der Waals surface area contributed by atoms with Gasteiger partial charge in [-0.1, -0.05) is 46.6 Å². The van der Waals surface area contributed by atoms with E-state index in [2.05, 4.69) is 32.0 Å². The minimum Gasteiger partial charge on any atom is -0.373 e. The van der Waals surface area contributed by atoms with Crippen LogP contribution in [0, 0.1) is 17.1 Å². The Morgan fingerprint density at radius 1 is 1.20 bits per heavy atom. The Labute approximate surface area is 246 Å². The summed E-state index contributed by atoms with van der Waals surface area (Å²) in [6, 6.07) is 14.6. The van der Waals surface area contributed by atoms with Gasteiger partial charge in [0.05, 0.1) is 57.7 Å². The van der Waals surface area contributed by atoms with Crippen molar-refractivity contribution in [1.82, 2.24) is 20.0 Å². The van der Waals surface area contributed by atoms with Gasteiger partial charge in [-0.3, -0.25) is 9.78 Å². The number of benzene rings is 3. The fourth-order valence-corrected chi connectivity index (χ4v) is 5.20. The molecule has 0 saturated heterocycles. The molecule has 1 atom stereocenters. The van der Waals surface area contributed by atoms with E-state index in [9.17, 15) is 15.8 Å². The van der Waals surface area contributed by atoms with E-state index in [1.54, 1.807) is 41.2 Å². The highest BCUT2D eigenvalue weighted by molar-refractivity contribution is 6.36. The lowest BCUT2D eigenvalue weighted by molar-refractivity contribution is 0.101. The van der Waals surface area contributed by atoms with Gasteiger partial charge in [-0.15, -0.1) is 5.10 Å². The topological polar surface area (TPSA) is 109 Å². The zero-order valence-corrected chi connectivity index (χ0v) is 23.1. The van der Waals surface area contributed by atoms with Crippen LogP contribution in [0.25, 0.3) is 10.9 Å². The number of pyridine rings is 1. The van der Waals surface area contributed by atoms with Crippen LogP contribution in [0.3, 0.4) is 0 Å². The molecule has 3 aromatic carbocycles. The normalized spacial score (nSPS) is 14.7. The number of ketones is 1. The van der Waals surface area contributed by atoms with Crippen LogP contribution in [0.5, 0.6) is 0 Å². The van der Waals surface area contributed by atoms with E-state index in [0.717, 1.165) is 12.8 Å². The lowest BCUT2D eigenvalue weighted by Gasteiger charge is -2.20. The summed E-state index contributed by atoms with van der Waals surface area (Å²) in [5.41, 5.74) is 2.78. The Bertz CT molecular complexity index is 1900. The Morgan fingerprint density at radius 3 is 2.68 bits per heavy atom. The first-order chi connectivity index (χ1) is 20.2. The van der Waals surface area contributed by atoms with Crippen molar-refractivity contribution in [3.63, 3.8) is 0 Å². The van der Waals surface area contributed by atoms with Crippen molar-refractivity contribution in [3.05, 3.63) is 105 Å². The number of Topliss-reactive ketones (excluding diaryl/α,β-unsaturated/α-hetero) is 1. The zero-order chi connectivity index (χ0) is 29.6. The lowest BCUT2D eigenvalue weighted by atomic mass is 10.0. The first-order valence-electron chi connectivity index (χ1n) is 13.2. The van der Waals surface area contributed by atoms with Crippen LogP contribution in [0.1, 0.15) is 60.4 Å². The number of anilines is 3. The van der Waals surface area contributed by atoms with Gasteiger partial charge in [0.1, 0.15) is 17.6 Å². The molecule has 11 heteroatoms. The van der Waals surface area contributed by atoms with Crippen molar-refractivity contribution in [2.75, 3.05) is 10.6 Å². The predicted molar refractivity (Wildman–Crippen MR) is 156 cm³/mol. The summed E-state index contributed by atoms with van der Waals surface area (Å²) in [6.45, 7) is 1.41. The van der Waals surface area contributed by atoms with Gasteiger partial charge < -0.3 is 10.6 Å². The van der Waals surface area contributed by atoms with Crippen molar-refractivity contribution in [3.8, 4) is 6.07 Å². The van der Waals surface area contributed by atoms with Gasteiger partial charge in [-0.05, 0) is 61.7 Å². The highest BCUT2D eigenvalue weighted by Gasteiger charge is 2.27. The predicted octanol–water partition coefficient (Wildman–Crippen LogP) is 7.63. The summed E-state index contributed by atoms with van der Waals surface area (Å²) in [5, 5.41) is 25.8. The van der Waals surface area contributed by atoms with E-state index in [1.807, 2.05) is 0 Å². The van der Waals surface area contributed by atoms with E-state index in [1.165, 1.54) is 37.4 Å². The Kier molecular flexibility index (Phi) is 6.71. The number of nitriles is 1. The number of hydrogen-bond acceptors (Lipinski definition) is 7. The molecule has 2 N–H and O–H groups in total. The van der Waals surface area contributed by atoms with E-state index in [0.29, 0.717) is 39.2 Å². The fraction of sp³-hybridized carbons (Fsp3) is 0.167. The minimum absolute atomic E-state index is 0.202. The third kappa shape index (κ3) is 5.32. The molecule has 0 aliphatic heterocycles. The Balaban J connectivity index is 1.49. The number of carbonyl (C=O) groups excluding carboxylic acids is 1. The van der Waals surface area contributed by atoms with Gasteiger partial charge in [0.25, 0.3) is 0 Å². The van der Waals surface area contributed by atoms with Crippen LogP contribution >= 0.6 is 23.2 Å². The van der Waals surface area contributed by atoms with Gasteiger partial charge in [-0.25, -0.2) is 9.07 Å². The molecule has 0 bridgehead atoms. The first-order valence-corrected chi connectivity index (χ1v) is 13.5. The minimum atomic E-state index is -1.68. The third-order valence-electron chi connectivity index (χ3n) is 6.76. The number of aromatic nitrogens is 4. The fourth-order valence-electron chi connectivity index (χ4n) is 4.63. The second-order valence-corrected chi connectivity index (χ2v) is 10.5. The summed E-state index contributed by atoms with van der Waals surface area (Å²) < 4.78 is 25.1. The molecule has 8 nitrogen and oxygen atoms in total. The zero-order valence-electron chi connectivity index (χ0n) is 22.6. The molecule has 1 fully saturated rings. The average molecular weight is 587 g/mol. The highest BCUT2D eigenvalue weighted by Crippen LogP contribution is 2.39. The van der Waals surface area contributed by atoms with Crippen molar-refractivity contribution in [2.45, 2.75) is 31.8 Å². The van der Waals surface area contributed by atoms with Crippen molar-refractivity contribution >= 4 is 57.0 Å². The van der Waals surface area contributed by atoms with Crippen LogP contribution in [-0.2, 0) is 0 Å². The second kappa shape index (κ2) is 10.8. The van der Waals surface area contributed by atoms with Crippen LogP contribution in [0.15, 0.2) is 67.0 Å². The molecule has 6 rings (SSSR count). The van der Waals surface area contributed by atoms with Gasteiger partial charge in [0.15, 0.2) is 5.78 Å². The molecular weight excluding hydrogens is 564 g/mol. The first kappa shape index (κ1) is 25.4. The van der Waals surface area contributed by atoms with Crippen molar-refractivity contribution in [2.24, 2.45) is 0 Å². The van der Waals surface area contributed by atoms with Crippen LogP contribution in [0.2, 0.25) is 10.0 Å². The molecule has 204 valence electrons. The maximum absolute atomic E-state index is 13.8. The summed E-state index contributed by atoms with van der Waals surface area (Å²) in [4.78, 5) is 16.8. The molecule has 1 saturated carbocycles. The molecule has 2 aromatic heterocycles. The van der Waals surface area contributed by atoms with Crippen molar-refractivity contribution in [1.29, 1.82) is 5.26 Å². The molecule has 41 heavy (non-hydrogen) atoms. The van der Waals surface area contributed by atoms with E-state index in [-0.39, 0.29) is 33.0 Å². The van der Waals surface area contributed by atoms with Crippen LogP contribution in [0.4, 0.5) is 21.5 Å². The van der Waals surface area contributed by atoms with Crippen LogP contribution < -0.4 is 10.6 Å². The quantitative estimate of drug-likeness (QED) is 0.180. The molecule has 0 amide bonds. The molecule has 0 radical (unpaired) electrons. The van der Waals surface area contributed by atoms with Gasteiger partial charge >= 0.3 is 0 Å². The Hall–Kier alpha value is -4.52. The molecule has 0 spiro atoms. The summed E-state index contributed by atoms with van der Waals surface area (Å²) in [7, 11) is 0. The molecule has 2 heterocycles. The number of rotatable bonds is 8. The standard InChI is InChI=1S/C30H22Cl2FN7O/c1-16(41)27-23(31)3-2-4-25(27)37-28-18(13-34)14-35-30-22(28)11-20(12-24(30)32)36-29(17-5-7-19(33)8-6-17)26-15-40(39-38-26)21-9-10-21/h2-8,11-12,14-15,21,29,36H,9-10H2,1H3,(H,35,37)/i29D. The third-order valence-corrected chi connectivity index (χ3v) is 7.36. The Morgan fingerprint density at radius 2 is 1.98 bits per heavy atom. The number of nitrogens with one attached hydrogen (secondary N) is 2. The SMILES string of the molecule is [2H]C(Nc1cc(Cl)c2ncc(C#N)c(Nc3cccc(Cl)c3C(C)=O)c2c1)(c1ccc(F)cc1)c1cn(C2CC2)nn1. The van der Waals surface area contributed by atoms with E-state index in [4.69, 9.17) is 23.2 Å². The molecular formula is C30H22Cl2FN7O. The van der Waals surface area contributed by atoms with Gasteiger partial charge in [0.2, 0.25) is 0 Å². The molecule has 5 aromatic rings. The number of fused-ring (bicyclic) bond motifs is 1.